The molecule has 1 heterocycles. The second kappa shape index (κ2) is 6.97. The first kappa shape index (κ1) is 15.9. The fraction of sp³-hybridized carbons (Fsp3) is 0.611. The third-order valence-electron chi connectivity index (χ3n) is 4.23. The molecule has 0 aromatic heterocycles. The molecular formula is C18H28N2O. The zero-order valence-electron chi connectivity index (χ0n) is 13.9. The molecule has 1 saturated heterocycles. The molecular weight excluding hydrogens is 260 g/mol. The summed E-state index contributed by atoms with van der Waals surface area (Å²) in [5.74, 6) is 0.753. The molecule has 0 spiro atoms. The van der Waals surface area contributed by atoms with Crippen molar-refractivity contribution in [2.75, 3.05) is 31.1 Å². The number of carbonyl (C=O) groups excluding carboxylic acids is 1. The van der Waals surface area contributed by atoms with E-state index >= 15 is 0 Å². The van der Waals surface area contributed by atoms with Crippen LogP contribution in [0.2, 0.25) is 0 Å². The second-order valence-corrected chi connectivity index (χ2v) is 6.40. The van der Waals surface area contributed by atoms with Gasteiger partial charge in [0.15, 0.2) is 0 Å². The Labute approximate surface area is 128 Å². The van der Waals surface area contributed by atoms with Crippen molar-refractivity contribution in [2.24, 2.45) is 5.92 Å². The van der Waals surface area contributed by atoms with Gasteiger partial charge in [-0.1, -0.05) is 39.0 Å². The van der Waals surface area contributed by atoms with Crippen molar-refractivity contribution >= 4 is 11.6 Å². The maximum atomic E-state index is 12.1. The van der Waals surface area contributed by atoms with E-state index in [9.17, 15) is 4.79 Å². The van der Waals surface area contributed by atoms with E-state index in [0.717, 1.165) is 32.6 Å². The van der Waals surface area contributed by atoms with Gasteiger partial charge in [-0.2, -0.15) is 0 Å². The van der Waals surface area contributed by atoms with Crippen LogP contribution in [0.3, 0.4) is 0 Å². The highest BCUT2D eigenvalue weighted by molar-refractivity contribution is 5.76. The molecule has 21 heavy (non-hydrogen) atoms. The minimum Gasteiger partial charge on any atom is -0.368 e. The van der Waals surface area contributed by atoms with Gasteiger partial charge < -0.3 is 9.80 Å². The third kappa shape index (κ3) is 3.78. The first-order valence-electron chi connectivity index (χ1n) is 8.14. The first-order valence-corrected chi connectivity index (χ1v) is 8.14. The molecule has 1 aromatic carbocycles. The summed E-state index contributed by atoms with van der Waals surface area (Å²) in [5, 5.41) is 0. The molecule has 1 fully saturated rings. The number of amides is 1. The van der Waals surface area contributed by atoms with Gasteiger partial charge in [0, 0.05) is 38.3 Å². The quantitative estimate of drug-likeness (QED) is 0.849. The summed E-state index contributed by atoms with van der Waals surface area (Å²) >= 11 is 0. The number of piperazine rings is 1. The van der Waals surface area contributed by atoms with E-state index in [4.69, 9.17) is 0 Å². The van der Waals surface area contributed by atoms with Crippen molar-refractivity contribution in [3.63, 3.8) is 0 Å². The molecule has 0 saturated carbocycles. The minimum atomic E-state index is 0.310. The molecule has 0 N–H and O–H groups in total. The van der Waals surface area contributed by atoms with Crippen molar-refractivity contribution in [3.8, 4) is 0 Å². The van der Waals surface area contributed by atoms with Gasteiger partial charge in [0.05, 0.1) is 0 Å². The number of hydrogen-bond donors (Lipinski definition) is 0. The fourth-order valence-corrected chi connectivity index (χ4v) is 3.12. The number of carbonyl (C=O) groups is 1. The number of aryl methyl sites for hydroxylation is 2. The van der Waals surface area contributed by atoms with Gasteiger partial charge in [-0.05, 0) is 30.4 Å². The highest BCUT2D eigenvalue weighted by Gasteiger charge is 2.23. The molecule has 1 aliphatic rings. The van der Waals surface area contributed by atoms with E-state index in [-0.39, 0.29) is 0 Å². The molecule has 0 aliphatic carbocycles. The smallest absolute Gasteiger partial charge is 0.222 e. The van der Waals surface area contributed by atoms with Crippen molar-refractivity contribution in [3.05, 3.63) is 29.3 Å². The lowest BCUT2D eigenvalue weighted by molar-refractivity contribution is -0.132. The Bertz CT molecular complexity index is 488. The van der Waals surface area contributed by atoms with Crippen LogP contribution in [0, 0.1) is 12.8 Å². The van der Waals surface area contributed by atoms with Gasteiger partial charge >= 0.3 is 0 Å². The Morgan fingerprint density at radius 2 is 1.86 bits per heavy atom. The molecule has 3 nitrogen and oxygen atoms in total. The van der Waals surface area contributed by atoms with Crippen LogP contribution < -0.4 is 4.90 Å². The van der Waals surface area contributed by atoms with E-state index in [2.05, 4.69) is 50.8 Å². The lowest BCUT2D eigenvalue weighted by atomic mass is 10.0. The molecule has 3 heteroatoms. The summed E-state index contributed by atoms with van der Waals surface area (Å²) in [6, 6.07) is 6.55. The normalized spacial score (nSPS) is 15.7. The summed E-state index contributed by atoms with van der Waals surface area (Å²) in [6.07, 6.45) is 1.73. The molecule has 0 atom stereocenters. The Hall–Kier alpha value is -1.51. The lowest BCUT2D eigenvalue weighted by Gasteiger charge is -2.38. The second-order valence-electron chi connectivity index (χ2n) is 6.40. The van der Waals surface area contributed by atoms with Crippen LogP contribution in [0.15, 0.2) is 18.2 Å². The fourth-order valence-electron chi connectivity index (χ4n) is 3.12. The summed E-state index contributed by atoms with van der Waals surface area (Å²) in [7, 11) is 0. The summed E-state index contributed by atoms with van der Waals surface area (Å²) < 4.78 is 0. The largest absolute Gasteiger partial charge is 0.368 e. The van der Waals surface area contributed by atoms with Crippen molar-refractivity contribution in [1.82, 2.24) is 4.90 Å². The van der Waals surface area contributed by atoms with E-state index in [1.54, 1.807) is 0 Å². The van der Waals surface area contributed by atoms with Crippen LogP contribution in [0.4, 0.5) is 5.69 Å². The molecule has 116 valence electrons. The van der Waals surface area contributed by atoms with Gasteiger partial charge in [-0.25, -0.2) is 0 Å². The van der Waals surface area contributed by atoms with Crippen LogP contribution in [-0.4, -0.2) is 37.0 Å². The van der Waals surface area contributed by atoms with E-state index in [0.29, 0.717) is 18.2 Å². The maximum absolute atomic E-state index is 12.1. The standard InChI is InChI=1S/C18H28N2O/c1-5-16-8-6-7-15(4)18(16)20-11-9-19(10-12-20)17(21)13-14(2)3/h6-8,14H,5,9-13H2,1-4H3. The first-order chi connectivity index (χ1) is 10.0. The Morgan fingerprint density at radius 1 is 1.19 bits per heavy atom. The van der Waals surface area contributed by atoms with Crippen molar-refractivity contribution in [2.45, 2.75) is 40.5 Å². The predicted octanol–water partition coefficient (Wildman–Crippen LogP) is 3.25. The zero-order chi connectivity index (χ0) is 15.4. The average Bonchev–Trinajstić information content (AvgIpc) is 2.46. The Kier molecular flexibility index (Phi) is 5.27. The van der Waals surface area contributed by atoms with Crippen LogP contribution in [-0.2, 0) is 11.2 Å². The van der Waals surface area contributed by atoms with Gasteiger partial charge in [0.25, 0.3) is 0 Å². The summed E-state index contributed by atoms with van der Waals surface area (Å²) in [6.45, 7) is 12.2. The monoisotopic (exact) mass is 288 g/mol. The Balaban J connectivity index is 2.03. The molecule has 1 amide bonds. The van der Waals surface area contributed by atoms with Crippen molar-refractivity contribution in [1.29, 1.82) is 0 Å². The molecule has 1 aromatic rings. The highest BCUT2D eigenvalue weighted by atomic mass is 16.2. The molecule has 0 unspecified atom stereocenters. The van der Waals surface area contributed by atoms with Gasteiger partial charge in [0.2, 0.25) is 5.91 Å². The van der Waals surface area contributed by atoms with Crippen LogP contribution in [0.5, 0.6) is 0 Å². The average molecular weight is 288 g/mol. The van der Waals surface area contributed by atoms with Crippen LogP contribution >= 0.6 is 0 Å². The van der Waals surface area contributed by atoms with Crippen molar-refractivity contribution < 1.29 is 4.79 Å². The highest BCUT2D eigenvalue weighted by Crippen LogP contribution is 2.27. The van der Waals surface area contributed by atoms with E-state index in [1.165, 1.54) is 16.8 Å². The topological polar surface area (TPSA) is 23.6 Å². The minimum absolute atomic E-state index is 0.310. The number of benzene rings is 1. The summed E-state index contributed by atoms with van der Waals surface area (Å²) in [5.41, 5.74) is 4.14. The summed E-state index contributed by atoms with van der Waals surface area (Å²) in [4.78, 5) is 16.6. The third-order valence-corrected chi connectivity index (χ3v) is 4.23. The predicted molar refractivity (Wildman–Crippen MR) is 88.8 cm³/mol. The number of rotatable bonds is 4. The molecule has 1 aliphatic heterocycles. The van der Waals surface area contributed by atoms with Crippen LogP contribution in [0.1, 0.15) is 38.3 Å². The van der Waals surface area contributed by atoms with Gasteiger partial charge in [0.1, 0.15) is 0 Å². The number of para-hydroxylation sites is 1. The Morgan fingerprint density at radius 3 is 2.43 bits per heavy atom. The lowest BCUT2D eigenvalue weighted by Crippen LogP contribution is -2.49. The maximum Gasteiger partial charge on any atom is 0.222 e. The number of nitrogens with zero attached hydrogens (tertiary/aromatic N) is 2. The number of anilines is 1. The SMILES string of the molecule is CCc1cccc(C)c1N1CCN(C(=O)CC(C)C)CC1. The van der Waals surface area contributed by atoms with Crippen LogP contribution in [0.25, 0.3) is 0 Å². The van der Waals surface area contributed by atoms with E-state index < -0.39 is 0 Å². The van der Waals surface area contributed by atoms with Gasteiger partial charge in [-0.3, -0.25) is 4.79 Å². The molecule has 0 radical (unpaired) electrons. The zero-order valence-corrected chi connectivity index (χ0v) is 13.9. The van der Waals surface area contributed by atoms with Gasteiger partial charge in [-0.15, -0.1) is 0 Å². The number of hydrogen-bond acceptors (Lipinski definition) is 2. The molecule has 0 bridgehead atoms. The molecule has 2 rings (SSSR count). The van der Waals surface area contributed by atoms with E-state index in [1.807, 2.05) is 4.90 Å².